The Balaban J connectivity index is 1.96. The third-order valence-electron chi connectivity index (χ3n) is 4.92. The van der Waals surface area contributed by atoms with Crippen LogP contribution in [0, 0.1) is 5.92 Å². The largest absolute Gasteiger partial charge is 0.493 e. The molecule has 1 aliphatic rings. The van der Waals surface area contributed by atoms with Gasteiger partial charge in [-0.1, -0.05) is 55.4 Å². The summed E-state index contributed by atoms with van der Waals surface area (Å²) < 4.78 is 11.5. The van der Waals surface area contributed by atoms with Crippen molar-refractivity contribution in [3.8, 4) is 11.5 Å². The number of ether oxygens (including phenoxy) is 2. The van der Waals surface area contributed by atoms with E-state index in [1.165, 1.54) is 0 Å². The molecular formula is C23H26ClN3O3S. The van der Waals surface area contributed by atoms with Crippen LogP contribution in [0.4, 0.5) is 0 Å². The average molecular weight is 460 g/mol. The second-order valence-electron chi connectivity index (χ2n) is 7.16. The van der Waals surface area contributed by atoms with E-state index >= 15 is 0 Å². The van der Waals surface area contributed by atoms with Crippen LogP contribution in [0.1, 0.15) is 30.5 Å². The summed E-state index contributed by atoms with van der Waals surface area (Å²) in [5, 5.41) is 10.0. The molecule has 0 aromatic heterocycles. The Morgan fingerprint density at radius 2 is 2.03 bits per heavy atom. The van der Waals surface area contributed by atoms with Crippen molar-refractivity contribution in [3.05, 3.63) is 70.9 Å². The predicted molar refractivity (Wildman–Crippen MR) is 126 cm³/mol. The molecule has 0 aliphatic carbocycles. The summed E-state index contributed by atoms with van der Waals surface area (Å²) in [5.74, 6) is 0.185. The minimum absolute atomic E-state index is 0.193. The highest BCUT2D eigenvalue weighted by Crippen LogP contribution is 2.42. The second-order valence-corrected chi connectivity index (χ2v) is 8.00. The van der Waals surface area contributed by atoms with Crippen LogP contribution in [0.3, 0.4) is 0 Å². The topological polar surface area (TPSA) is 71.6 Å². The number of carbonyl (C=O) groups is 1. The Kier molecular flexibility index (Phi) is 7.76. The van der Waals surface area contributed by atoms with Crippen LogP contribution in [0.5, 0.6) is 11.5 Å². The van der Waals surface area contributed by atoms with E-state index in [9.17, 15) is 4.79 Å². The van der Waals surface area contributed by atoms with Gasteiger partial charge in [-0.05, 0) is 30.3 Å². The molecule has 1 amide bonds. The number of nitrogens with one attached hydrogen (secondary N) is 3. The summed E-state index contributed by atoms with van der Waals surface area (Å²) in [6.45, 7) is 6.96. The molecule has 0 radical (unpaired) electrons. The molecule has 0 unspecified atom stereocenters. The van der Waals surface area contributed by atoms with Gasteiger partial charge in [-0.2, -0.15) is 0 Å². The Morgan fingerprint density at radius 1 is 1.29 bits per heavy atom. The number of halogens is 1. The average Bonchev–Trinajstić information content (AvgIpc) is 2.76. The molecule has 1 aliphatic heterocycles. The molecule has 2 aromatic rings. The zero-order chi connectivity index (χ0) is 22.4. The van der Waals surface area contributed by atoms with E-state index in [1.807, 2.05) is 37.3 Å². The predicted octanol–water partition coefficient (Wildman–Crippen LogP) is 4.10. The molecule has 31 heavy (non-hydrogen) atoms. The summed E-state index contributed by atoms with van der Waals surface area (Å²) in [6, 6.07) is 12.6. The van der Waals surface area contributed by atoms with Gasteiger partial charge in [0, 0.05) is 28.9 Å². The third-order valence-corrected chi connectivity index (χ3v) is 5.35. The van der Waals surface area contributed by atoms with Gasteiger partial charge in [0.1, 0.15) is 5.92 Å². The molecule has 0 saturated carbocycles. The van der Waals surface area contributed by atoms with Crippen LogP contribution in [0.2, 0.25) is 5.02 Å². The van der Waals surface area contributed by atoms with Crippen molar-refractivity contribution in [1.82, 2.24) is 16.0 Å². The van der Waals surface area contributed by atoms with Gasteiger partial charge < -0.3 is 25.4 Å². The normalized spacial score (nSPS) is 18.0. The lowest BCUT2D eigenvalue weighted by atomic mass is 9.87. The first-order valence-electron chi connectivity index (χ1n) is 10.0. The van der Waals surface area contributed by atoms with E-state index in [0.717, 1.165) is 12.0 Å². The maximum absolute atomic E-state index is 13.2. The molecule has 6 nitrogen and oxygen atoms in total. The van der Waals surface area contributed by atoms with Gasteiger partial charge >= 0.3 is 0 Å². The number of thiocarbonyl (C=S) groups is 1. The Hall–Kier alpha value is -2.77. The fraction of sp³-hybridized carbons (Fsp3) is 0.304. The molecule has 0 bridgehead atoms. The molecule has 0 spiro atoms. The van der Waals surface area contributed by atoms with E-state index in [1.54, 1.807) is 19.2 Å². The number of methoxy groups -OCH3 is 1. The van der Waals surface area contributed by atoms with Gasteiger partial charge in [0.25, 0.3) is 0 Å². The monoisotopic (exact) mass is 459 g/mol. The van der Waals surface area contributed by atoms with Crippen LogP contribution in [-0.4, -0.2) is 24.7 Å². The zero-order valence-corrected chi connectivity index (χ0v) is 19.1. The van der Waals surface area contributed by atoms with E-state index in [0.29, 0.717) is 46.0 Å². The summed E-state index contributed by atoms with van der Waals surface area (Å²) >= 11 is 11.7. The highest BCUT2D eigenvalue weighted by atomic mass is 35.5. The molecule has 1 heterocycles. The third kappa shape index (κ3) is 5.48. The van der Waals surface area contributed by atoms with E-state index < -0.39 is 12.0 Å². The van der Waals surface area contributed by atoms with Crippen LogP contribution >= 0.6 is 23.8 Å². The van der Waals surface area contributed by atoms with Crippen LogP contribution in [0.25, 0.3) is 0 Å². The molecular weight excluding hydrogens is 434 g/mol. The van der Waals surface area contributed by atoms with Crippen molar-refractivity contribution in [3.63, 3.8) is 0 Å². The number of rotatable bonds is 8. The molecule has 8 heteroatoms. The Labute approximate surface area is 193 Å². The highest BCUT2D eigenvalue weighted by molar-refractivity contribution is 7.80. The molecule has 2 aromatic carbocycles. The molecule has 1 fully saturated rings. The van der Waals surface area contributed by atoms with Crippen molar-refractivity contribution in [2.24, 2.45) is 5.92 Å². The minimum Gasteiger partial charge on any atom is -0.493 e. The lowest BCUT2D eigenvalue weighted by Crippen LogP contribution is -2.52. The van der Waals surface area contributed by atoms with E-state index in [4.69, 9.17) is 33.3 Å². The molecule has 1 saturated heterocycles. The fourth-order valence-corrected chi connectivity index (χ4v) is 3.95. The summed E-state index contributed by atoms with van der Waals surface area (Å²) in [7, 11) is 1.55. The standard InChI is InChI=1S/C23H26ClN3O3S/c1-4-10-30-21-17(11-16(24)12-18(21)29-3)20-19(14(2)26-23(31)27-20)22(28)25-13-15-8-6-5-7-9-15/h5-9,11-12,19-20H,2,4,10,13H2,1,3H3,(H,25,28)(H2,26,27,31)/t19-,20+/m0/s1. The second kappa shape index (κ2) is 10.5. The van der Waals surface area contributed by atoms with Gasteiger partial charge in [-0.3, -0.25) is 4.79 Å². The lowest BCUT2D eigenvalue weighted by Gasteiger charge is -2.36. The first-order valence-corrected chi connectivity index (χ1v) is 10.8. The first-order chi connectivity index (χ1) is 14.9. The van der Waals surface area contributed by atoms with Gasteiger partial charge in [-0.15, -0.1) is 0 Å². The number of hydrogen-bond donors (Lipinski definition) is 3. The van der Waals surface area contributed by atoms with Gasteiger partial charge in [0.2, 0.25) is 5.91 Å². The number of carbonyl (C=O) groups excluding carboxylic acids is 1. The highest BCUT2D eigenvalue weighted by Gasteiger charge is 2.38. The van der Waals surface area contributed by atoms with Gasteiger partial charge in [0.05, 0.1) is 19.8 Å². The first kappa shape index (κ1) is 22.9. The van der Waals surface area contributed by atoms with Crippen molar-refractivity contribution in [2.75, 3.05) is 13.7 Å². The fourth-order valence-electron chi connectivity index (χ4n) is 3.48. The minimum atomic E-state index is -0.650. The lowest BCUT2D eigenvalue weighted by molar-refractivity contribution is -0.125. The summed E-state index contributed by atoms with van der Waals surface area (Å²) in [5.41, 5.74) is 2.18. The molecule has 164 valence electrons. The van der Waals surface area contributed by atoms with Crippen LogP contribution < -0.4 is 25.4 Å². The molecule has 3 rings (SSSR count). The van der Waals surface area contributed by atoms with Crippen LogP contribution in [0.15, 0.2) is 54.7 Å². The van der Waals surface area contributed by atoms with Crippen molar-refractivity contribution < 1.29 is 14.3 Å². The van der Waals surface area contributed by atoms with Gasteiger partial charge in [0.15, 0.2) is 16.6 Å². The maximum Gasteiger partial charge on any atom is 0.231 e. The Bertz CT molecular complexity index is 968. The molecule has 3 N–H and O–H groups in total. The summed E-state index contributed by atoms with van der Waals surface area (Å²) in [4.78, 5) is 13.2. The molecule has 2 atom stereocenters. The number of benzene rings is 2. The van der Waals surface area contributed by atoms with E-state index in [-0.39, 0.29) is 5.91 Å². The maximum atomic E-state index is 13.2. The Morgan fingerprint density at radius 3 is 2.71 bits per heavy atom. The van der Waals surface area contributed by atoms with Crippen molar-refractivity contribution in [2.45, 2.75) is 25.9 Å². The quantitative estimate of drug-likeness (QED) is 0.516. The summed E-state index contributed by atoms with van der Waals surface area (Å²) in [6.07, 6.45) is 0.816. The van der Waals surface area contributed by atoms with Gasteiger partial charge in [-0.25, -0.2) is 0 Å². The van der Waals surface area contributed by atoms with E-state index in [2.05, 4.69) is 22.5 Å². The van der Waals surface area contributed by atoms with Crippen LogP contribution in [-0.2, 0) is 11.3 Å². The van der Waals surface area contributed by atoms with Crippen molar-refractivity contribution in [1.29, 1.82) is 0 Å². The SMILES string of the molecule is C=C1NC(=S)N[C@H](c2cc(Cl)cc(OC)c2OCCC)[C@H]1C(=O)NCc1ccccc1. The zero-order valence-electron chi connectivity index (χ0n) is 17.5. The smallest absolute Gasteiger partial charge is 0.231 e. The van der Waals surface area contributed by atoms with Crippen molar-refractivity contribution >= 4 is 34.8 Å². The number of hydrogen-bond acceptors (Lipinski definition) is 4. The number of amides is 1.